The molecule has 1 aromatic heterocycles. The van der Waals surface area contributed by atoms with Gasteiger partial charge in [-0.2, -0.15) is 5.10 Å². The molecule has 0 amide bonds. The molecule has 20 heavy (non-hydrogen) atoms. The SMILES string of the molecule is Cc1cccc(C)c1Cn1nccc1CNC(C)(C)C. The van der Waals surface area contributed by atoms with E-state index in [0.29, 0.717) is 0 Å². The zero-order valence-electron chi connectivity index (χ0n) is 13.2. The molecule has 0 fully saturated rings. The molecule has 0 radical (unpaired) electrons. The van der Waals surface area contributed by atoms with Crippen LogP contribution in [0.2, 0.25) is 0 Å². The van der Waals surface area contributed by atoms with Crippen LogP contribution in [-0.2, 0) is 13.1 Å². The molecule has 0 bridgehead atoms. The minimum atomic E-state index is 0.119. The molecule has 0 spiro atoms. The summed E-state index contributed by atoms with van der Waals surface area (Å²) in [6, 6.07) is 8.53. The Balaban J connectivity index is 2.17. The van der Waals surface area contributed by atoms with Crippen LogP contribution in [0.4, 0.5) is 0 Å². The Bertz CT molecular complexity index is 556. The highest BCUT2D eigenvalue weighted by molar-refractivity contribution is 5.33. The molecule has 0 aliphatic rings. The van der Waals surface area contributed by atoms with Crippen molar-refractivity contribution in [3.05, 3.63) is 52.8 Å². The maximum absolute atomic E-state index is 4.47. The fourth-order valence-corrected chi connectivity index (χ4v) is 2.26. The summed E-state index contributed by atoms with van der Waals surface area (Å²) in [5, 5.41) is 7.99. The Morgan fingerprint density at radius 1 is 1.10 bits per heavy atom. The van der Waals surface area contributed by atoms with Crippen LogP contribution in [0, 0.1) is 13.8 Å². The van der Waals surface area contributed by atoms with Gasteiger partial charge in [0.1, 0.15) is 0 Å². The standard InChI is InChI=1S/C17H25N3/c1-13-7-6-8-14(2)16(13)12-20-15(9-10-19-20)11-18-17(3,4)5/h6-10,18H,11-12H2,1-5H3. The van der Waals surface area contributed by atoms with Crippen molar-refractivity contribution in [2.45, 2.75) is 53.2 Å². The highest BCUT2D eigenvalue weighted by Gasteiger charge is 2.12. The number of rotatable bonds is 4. The lowest BCUT2D eigenvalue weighted by molar-refractivity contribution is 0.414. The average molecular weight is 271 g/mol. The second-order valence-electron chi connectivity index (χ2n) is 6.45. The first-order valence-corrected chi connectivity index (χ1v) is 7.17. The van der Waals surface area contributed by atoms with Gasteiger partial charge in [0.2, 0.25) is 0 Å². The Kier molecular flexibility index (Phi) is 4.29. The van der Waals surface area contributed by atoms with Crippen LogP contribution in [-0.4, -0.2) is 15.3 Å². The normalized spacial score (nSPS) is 11.8. The van der Waals surface area contributed by atoms with Crippen molar-refractivity contribution in [2.75, 3.05) is 0 Å². The van der Waals surface area contributed by atoms with Gasteiger partial charge in [0.05, 0.1) is 12.2 Å². The van der Waals surface area contributed by atoms with Gasteiger partial charge in [-0.1, -0.05) is 18.2 Å². The maximum atomic E-state index is 4.47. The van der Waals surface area contributed by atoms with E-state index in [1.807, 2.05) is 6.20 Å². The smallest absolute Gasteiger partial charge is 0.0668 e. The third-order valence-corrected chi connectivity index (χ3v) is 3.56. The van der Waals surface area contributed by atoms with Crippen molar-refractivity contribution in [1.29, 1.82) is 0 Å². The van der Waals surface area contributed by atoms with Crippen LogP contribution < -0.4 is 5.32 Å². The third kappa shape index (κ3) is 3.70. The molecular weight excluding hydrogens is 246 g/mol. The molecule has 0 aliphatic carbocycles. The number of benzene rings is 1. The van der Waals surface area contributed by atoms with Crippen LogP contribution in [0.3, 0.4) is 0 Å². The number of aromatic nitrogens is 2. The van der Waals surface area contributed by atoms with Gasteiger partial charge in [0.15, 0.2) is 0 Å². The van der Waals surface area contributed by atoms with E-state index in [0.717, 1.165) is 13.1 Å². The first-order chi connectivity index (χ1) is 9.37. The van der Waals surface area contributed by atoms with Crippen LogP contribution in [0.1, 0.15) is 43.2 Å². The molecule has 0 saturated carbocycles. The van der Waals surface area contributed by atoms with E-state index in [9.17, 15) is 0 Å². The predicted octanol–water partition coefficient (Wildman–Crippen LogP) is 3.44. The van der Waals surface area contributed by atoms with Gasteiger partial charge in [-0.15, -0.1) is 0 Å². The predicted molar refractivity (Wildman–Crippen MR) is 83.8 cm³/mol. The molecule has 1 N–H and O–H groups in total. The molecule has 1 heterocycles. The van der Waals surface area contributed by atoms with E-state index in [4.69, 9.17) is 0 Å². The Labute approximate surface area is 122 Å². The Hall–Kier alpha value is -1.61. The lowest BCUT2D eigenvalue weighted by Crippen LogP contribution is -2.35. The van der Waals surface area contributed by atoms with E-state index in [-0.39, 0.29) is 5.54 Å². The summed E-state index contributed by atoms with van der Waals surface area (Å²) in [7, 11) is 0. The monoisotopic (exact) mass is 271 g/mol. The third-order valence-electron chi connectivity index (χ3n) is 3.56. The van der Waals surface area contributed by atoms with Crippen LogP contribution in [0.25, 0.3) is 0 Å². The van der Waals surface area contributed by atoms with Crippen molar-refractivity contribution in [2.24, 2.45) is 0 Å². The molecule has 2 rings (SSSR count). The van der Waals surface area contributed by atoms with Gasteiger partial charge >= 0.3 is 0 Å². The molecule has 3 heteroatoms. The molecular formula is C17H25N3. The van der Waals surface area contributed by atoms with Gasteiger partial charge in [0.25, 0.3) is 0 Å². The van der Waals surface area contributed by atoms with Crippen LogP contribution >= 0.6 is 0 Å². The summed E-state index contributed by atoms with van der Waals surface area (Å²) in [5.74, 6) is 0. The number of hydrogen-bond acceptors (Lipinski definition) is 2. The van der Waals surface area contributed by atoms with E-state index in [2.05, 4.69) is 74.0 Å². The number of hydrogen-bond donors (Lipinski definition) is 1. The minimum Gasteiger partial charge on any atom is -0.306 e. The summed E-state index contributed by atoms with van der Waals surface area (Å²) in [6.45, 7) is 12.6. The van der Waals surface area contributed by atoms with Crippen molar-refractivity contribution in [3.63, 3.8) is 0 Å². The van der Waals surface area contributed by atoms with Gasteiger partial charge in [-0.25, -0.2) is 0 Å². The largest absolute Gasteiger partial charge is 0.306 e. The van der Waals surface area contributed by atoms with Gasteiger partial charge in [-0.05, 0) is 57.4 Å². The number of nitrogens with one attached hydrogen (secondary N) is 1. The topological polar surface area (TPSA) is 29.9 Å². The first kappa shape index (κ1) is 14.8. The Morgan fingerprint density at radius 2 is 1.75 bits per heavy atom. The number of nitrogens with zero attached hydrogens (tertiary/aromatic N) is 2. The van der Waals surface area contributed by atoms with Crippen molar-refractivity contribution in [1.82, 2.24) is 15.1 Å². The zero-order valence-corrected chi connectivity index (χ0v) is 13.2. The molecule has 0 saturated heterocycles. The molecule has 0 atom stereocenters. The van der Waals surface area contributed by atoms with E-state index in [1.54, 1.807) is 0 Å². The van der Waals surface area contributed by atoms with Crippen molar-refractivity contribution < 1.29 is 0 Å². The van der Waals surface area contributed by atoms with E-state index < -0.39 is 0 Å². The fourth-order valence-electron chi connectivity index (χ4n) is 2.26. The quantitative estimate of drug-likeness (QED) is 0.923. The molecule has 108 valence electrons. The van der Waals surface area contributed by atoms with Crippen molar-refractivity contribution >= 4 is 0 Å². The second kappa shape index (κ2) is 5.80. The summed E-state index contributed by atoms with van der Waals surface area (Å²) < 4.78 is 2.09. The lowest BCUT2D eigenvalue weighted by atomic mass is 10.0. The van der Waals surface area contributed by atoms with Crippen LogP contribution in [0.15, 0.2) is 30.5 Å². The molecule has 2 aromatic rings. The van der Waals surface area contributed by atoms with Gasteiger partial charge in [-0.3, -0.25) is 4.68 Å². The first-order valence-electron chi connectivity index (χ1n) is 7.17. The molecule has 0 unspecified atom stereocenters. The summed E-state index contributed by atoms with van der Waals surface area (Å²) >= 11 is 0. The second-order valence-corrected chi connectivity index (χ2v) is 6.45. The maximum Gasteiger partial charge on any atom is 0.0668 e. The molecule has 3 nitrogen and oxygen atoms in total. The lowest BCUT2D eigenvalue weighted by Gasteiger charge is -2.21. The van der Waals surface area contributed by atoms with Crippen LogP contribution in [0.5, 0.6) is 0 Å². The average Bonchev–Trinajstić information content (AvgIpc) is 2.78. The highest BCUT2D eigenvalue weighted by atomic mass is 15.3. The van der Waals surface area contributed by atoms with Gasteiger partial charge < -0.3 is 5.32 Å². The fraction of sp³-hybridized carbons (Fsp3) is 0.471. The summed E-state index contributed by atoms with van der Waals surface area (Å²) in [5.41, 5.74) is 5.37. The van der Waals surface area contributed by atoms with Crippen molar-refractivity contribution in [3.8, 4) is 0 Å². The van der Waals surface area contributed by atoms with E-state index >= 15 is 0 Å². The van der Waals surface area contributed by atoms with Gasteiger partial charge in [0, 0.05) is 18.3 Å². The Morgan fingerprint density at radius 3 is 2.35 bits per heavy atom. The van der Waals surface area contributed by atoms with E-state index in [1.165, 1.54) is 22.4 Å². The summed E-state index contributed by atoms with van der Waals surface area (Å²) in [4.78, 5) is 0. The molecule has 1 aromatic carbocycles. The highest BCUT2D eigenvalue weighted by Crippen LogP contribution is 2.15. The summed E-state index contributed by atoms with van der Waals surface area (Å²) in [6.07, 6.45) is 1.88. The molecule has 0 aliphatic heterocycles. The minimum absolute atomic E-state index is 0.119. The number of aryl methyl sites for hydroxylation is 2. The zero-order chi connectivity index (χ0) is 14.8.